The van der Waals surface area contributed by atoms with Crippen molar-refractivity contribution >= 4 is 5.91 Å². The summed E-state index contributed by atoms with van der Waals surface area (Å²) >= 11 is 0. The second kappa shape index (κ2) is 3.69. The minimum atomic E-state index is -0.117. The van der Waals surface area contributed by atoms with Crippen LogP contribution >= 0.6 is 0 Å². The molecule has 0 heterocycles. The maximum Gasteiger partial charge on any atom is 0.248 e. The highest BCUT2D eigenvalue weighted by Crippen LogP contribution is 2.29. The summed E-state index contributed by atoms with van der Waals surface area (Å²) < 4.78 is 0. The molecule has 64 valence electrons. The zero-order valence-corrected chi connectivity index (χ0v) is 6.84. The molecule has 0 saturated heterocycles. The van der Waals surface area contributed by atoms with Gasteiger partial charge >= 0.3 is 0 Å². The highest BCUT2D eigenvalue weighted by Gasteiger charge is 2.23. The first-order chi connectivity index (χ1) is 5.22. The molecule has 0 aliphatic heterocycles. The van der Waals surface area contributed by atoms with Crippen LogP contribution in [0.4, 0.5) is 0 Å². The average molecular weight is 157 g/mol. The minimum Gasteiger partial charge on any atom is -0.297 e. The molecular weight excluding hydrogens is 142 g/mol. The minimum absolute atomic E-state index is 0.117. The number of nitrogens with one attached hydrogen (secondary N) is 1. The number of nitrogens with two attached hydrogens (primary N) is 1. The van der Waals surface area contributed by atoms with Gasteiger partial charge in [0.25, 0.3) is 0 Å². The normalized spacial score (nSPS) is 17.0. The number of carbonyl (C=O) groups excluding carboxylic acids is 1. The molecule has 1 aliphatic rings. The summed E-state index contributed by atoms with van der Waals surface area (Å²) in [6.07, 6.45) is 2.63. The number of rotatable bonds is 4. The molecule has 1 saturated carbocycles. The van der Waals surface area contributed by atoms with E-state index in [0.717, 1.165) is 12.5 Å². The van der Waals surface area contributed by atoms with Crippen LogP contribution in [0.2, 0.25) is 0 Å². The SMILES string of the molecule is CN(CC(=O)NN)CC1CC1. The molecule has 4 nitrogen and oxygen atoms in total. The number of nitrogens with zero attached hydrogens (tertiary/aromatic N) is 1. The number of hydrazine groups is 1. The molecule has 0 aromatic rings. The van der Waals surface area contributed by atoms with E-state index in [0.29, 0.717) is 6.54 Å². The molecule has 1 amide bonds. The lowest BCUT2D eigenvalue weighted by Gasteiger charge is -2.13. The molecule has 11 heavy (non-hydrogen) atoms. The van der Waals surface area contributed by atoms with Crippen molar-refractivity contribution in [3.8, 4) is 0 Å². The summed E-state index contributed by atoms with van der Waals surface area (Å²) in [7, 11) is 1.94. The average Bonchev–Trinajstić information content (AvgIpc) is 2.71. The molecule has 0 bridgehead atoms. The third-order valence-electron chi connectivity index (χ3n) is 1.84. The second-order valence-corrected chi connectivity index (χ2v) is 3.21. The lowest BCUT2D eigenvalue weighted by atomic mass is 10.4. The third-order valence-corrected chi connectivity index (χ3v) is 1.84. The highest BCUT2D eigenvalue weighted by molar-refractivity contribution is 5.77. The first-order valence-electron chi connectivity index (χ1n) is 3.90. The van der Waals surface area contributed by atoms with E-state index in [1.165, 1.54) is 12.8 Å². The molecule has 0 radical (unpaired) electrons. The monoisotopic (exact) mass is 157 g/mol. The van der Waals surface area contributed by atoms with Crippen molar-refractivity contribution in [3.05, 3.63) is 0 Å². The molecule has 0 spiro atoms. The Bertz CT molecular complexity index is 145. The van der Waals surface area contributed by atoms with Crippen molar-refractivity contribution in [1.29, 1.82) is 0 Å². The molecule has 1 aliphatic carbocycles. The van der Waals surface area contributed by atoms with Crippen LogP contribution in [0.25, 0.3) is 0 Å². The standard InChI is InChI=1S/C7H15N3O/c1-10(4-6-2-3-6)5-7(11)9-8/h6H,2-5,8H2,1H3,(H,9,11). The van der Waals surface area contributed by atoms with E-state index in [-0.39, 0.29) is 5.91 Å². The molecule has 4 heteroatoms. The molecular formula is C7H15N3O. The van der Waals surface area contributed by atoms with Gasteiger partial charge in [0.2, 0.25) is 5.91 Å². The van der Waals surface area contributed by atoms with Gasteiger partial charge in [0, 0.05) is 6.54 Å². The number of hydrogen-bond acceptors (Lipinski definition) is 3. The van der Waals surface area contributed by atoms with Crippen LogP contribution in [-0.2, 0) is 4.79 Å². The number of likely N-dealkylation sites (N-methyl/N-ethyl adjacent to an activating group) is 1. The van der Waals surface area contributed by atoms with E-state index in [1.807, 2.05) is 11.9 Å². The van der Waals surface area contributed by atoms with Gasteiger partial charge in [-0.1, -0.05) is 0 Å². The predicted molar refractivity (Wildman–Crippen MR) is 42.6 cm³/mol. The maximum absolute atomic E-state index is 10.7. The third kappa shape index (κ3) is 3.34. The summed E-state index contributed by atoms with van der Waals surface area (Å²) in [6.45, 7) is 1.43. The summed E-state index contributed by atoms with van der Waals surface area (Å²) in [5, 5.41) is 0. The molecule has 1 rings (SSSR count). The summed E-state index contributed by atoms with van der Waals surface area (Å²) in [6, 6.07) is 0. The van der Waals surface area contributed by atoms with Gasteiger partial charge in [0.15, 0.2) is 0 Å². The molecule has 0 aromatic carbocycles. The largest absolute Gasteiger partial charge is 0.297 e. The van der Waals surface area contributed by atoms with Crippen LogP contribution in [0.3, 0.4) is 0 Å². The van der Waals surface area contributed by atoms with Crippen molar-refractivity contribution in [1.82, 2.24) is 10.3 Å². The van der Waals surface area contributed by atoms with E-state index in [4.69, 9.17) is 5.84 Å². The van der Waals surface area contributed by atoms with E-state index < -0.39 is 0 Å². The summed E-state index contributed by atoms with van der Waals surface area (Å²) in [4.78, 5) is 12.7. The molecule has 3 N–H and O–H groups in total. The van der Waals surface area contributed by atoms with Crippen molar-refractivity contribution < 1.29 is 4.79 Å². The van der Waals surface area contributed by atoms with Gasteiger partial charge in [0.1, 0.15) is 0 Å². The van der Waals surface area contributed by atoms with Gasteiger partial charge in [-0.25, -0.2) is 5.84 Å². The first kappa shape index (κ1) is 8.49. The van der Waals surface area contributed by atoms with Crippen molar-refractivity contribution in [2.24, 2.45) is 11.8 Å². The Hall–Kier alpha value is -0.610. The van der Waals surface area contributed by atoms with E-state index >= 15 is 0 Å². The number of amides is 1. The van der Waals surface area contributed by atoms with Crippen LogP contribution in [0.15, 0.2) is 0 Å². The van der Waals surface area contributed by atoms with Crippen molar-refractivity contribution in [3.63, 3.8) is 0 Å². The molecule has 0 aromatic heterocycles. The smallest absolute Gasteiger partial charge is 0.248 e. The Kier molecular flexibility index (Phi) is 2.84. The van der Waals surface area contributed by atoms with Crippen LogP contribution < -0.4 is 11.3 Å². The van der Waals surface area contributed by atoms with E-state index in [9.17, 15) is 4.79 Å². The summed E-state index contributed by atoms with van der Waals surface area (Å²) in [5.41, 5.74) is 2.11. The Morgan fingerprint density at radius 1 is 1.73 bits per heavy atom. The fourth-order valence-electron chi connectivity index (χ4n) is 1.10. The lowest BCUT2D eigenvalue weighted by molar-refractivity contribution is -0.122. The van der Waals surface area contributed by atoms with Gasteiger partial charge in [-0.05, 0) is 25.8 Å². The van der Waals surface area contributed by atoms with Crippen LogP contribution in [0, 0.1) is 5.92 Å². The predicted octanol–water partition coefficient (Wildman–Crippen LogP) is -0.682. The Morgan fingerprint density at radius 3 is 2.82 bits per heavy atom. The first-order valence-corrected chi connectivity index (χ1v) is 3.90. The van der Waals surface area contributed by atoms with Gasteiger partial charge in [-0.3, -0.25) is 15.1 Å². The fourth-order valence-corrected chi connectivity index (χ4v) is 1.10. The number of carbonyl (C=O) groups is 1. The highest BCUT2D eigenvalue weighted by atomic mass is 16.2. The lowest BCUT2D eigenvalue weighted by Crippen LogP contribution is -2.39. The molecule has 0 unspecified atom stereocenters. The Balaban J connectivity index is 2.08. The second-order valence-electron chi connectivity index (χ2n) is 3.21. The number of hydrogen-bond donors (Lipinski definition) is 2. The Labute approximate surface area is 66.7 Å². The summed E-state index contributed by atoms with van der Waals surface area (Å²) in [5.74, 6) is 5.65. The van der Waals surface area contributed by atoms with Gasteiger partial charge in [-0.15, -0.1) is 0 Å². The zero-order chi connectivity index (χ0) is 8.27. The van der Waals surface area contributed by atoms with Crippen LogP contribution in [0.5, 0.6) is 0 Å². The van der Waals surface area contributed by atoms with Crippen molar-refractivity contribution in [2.75, 3.05) is 20.1 Å². The molecule has 1 fully saturated rings. The zero-order valence-electron chi connectivity index (χ0n) is 6.84. The van der Waals surface area contributed by atoms with Gasteiger partial charge < -0.3 is 0 Å². The van der Waals surface area contributed by atoms with Gasteiger partial charge in [-0.2, -0.15) is 0 Å². The van der Waals surface area contributed by atoms with Gasteiger partial charge in [0.05, 0.1) is 6.54 Å². The fraction of sp³-hybridized carbons (Fsp3) is 0.857. The Morgan fingerprint density at radius 2 is 2.36 bits per heavy atom. The molecule has 0 atom stereocenters. The van der Waals surface area contributed by atoms with Crippen LogP contribution in [0.1, 0.15) is 12.8 Å². The quantitative estimate of drug-likeness (QED) is 0.323. The van der Waals surface area contributed by atoms with Crippen LogP contribution in [-0.4, -0.2) is 30.9 Å². The van der Waals surface area contributed by atoms with E-state index in [2.05, 4.69) is 5.43 Å². The maximum atomic E-state index is 10.7. The van der Waals surface area contributed by atoms with E-state index in [1.54, 1.807) is 0 Å². The van der Waals surface area contributed by atoms with Crippen molar-refractivity contribution in [2.45, 2.75) is 12.8 Å². The topological polar surface area (TPSA) is 58.4 Å².